The van der Waals surface area contributed by atoms with Gasteiger partial charge in [0.05, 0.1) is 18.2 Å². The number of piperidine rings is 3. The topological polar surface area (TPSA) is 84.0 Å². The van der Waals surface area contributed by atoms with E-state index in [2.05, 4.69) is 4.90 Å². The second kappa shape index (κ2) is 9.11. The number of nitrogens with zero attached hydrogens (tertiary/aromatic N) is 2. The van der Waals surface area contributed by atoms with Crippen LogP contribution in [-0.2, 0) is 16.0 Å². The van der Waals surface area contributed by atoms with Crippen molar-refractivity contribution in [2.45, 2.75) is 52.0 Å². The van der Waals surface area contributed by atoms with Gasteiger partial charge in [-0.2, -0.15) is 0 Å². The molecule has 3 fully saturated rings. The Hall–Kier alpha value is -3.87. The Bertz CT molecular complexity index is 1680. The summed E-state index contributed by atoms with van der Waals surface area (Å²) in [5.74, 6) is 0.838. The number of hydrogen-bond acceptors (Lipinski definition) is 5. The lowest BCUT2D eigenvalue weighted by molar-refractivity contribution is -0.148. The summed E-state index contributed by atoms with van der Waals surface area (Å²) in [5.41, 5.74) is 4.74. The Labute approximate surface area is 226 Å². The molecule has 7 rings (SSSR count). The van der Waals surface area contributed by atoms with Gasteiger partial charge in [0, 0.05) is 54.0 Å². The number of carbonyl (C=O) groups excluding carboxylic acids is 2. The molecule has 3 aliphatic rings. The van der Waals surface area contributed by atoms with E-state index in [-0.39, 0.29) is 24.3 Å². The number of hydrogen-bond donors (Lipinski definition) is 0. The molecule has 2 bridgehead atoms. The summed E-state index contributed by atoms with van der Waals surface area (Å²) in [7, 11) is 0. The van der Waals surface area contributed by atoms with E-state index in [4.69, 9.17) is 8.83 Å². The number of carbonyl (C=O) groups is 2. The maximum absolute atomic E-state index is 13.6. The third kappa shape index (κ3) is 3.89. The number of rotatable bonds is 3. The minimum absolute atomic E-state index is 0.0187. The van der Waals surface area contributed by atoms with Crippen LogP contribution in [0.1, 0.15) is 42.4 Å². The van der Waals surface area contributed by atoms with Gasteiger partial charge in [0.2, 0.25) is 11.8 Å². The molecule has 7 heteroatoms. The quantitative estimate of drug-likeness (QED) is 0.343. The molecule has 39 heavy (non-hydrogen) atoms. The highest BCUT2D eigenvalue weighted by molar-refractivity contribution is 6.05. The van der Waals surface area contributed by atoms with Gasteiger partial charge in [0.25, 0.3) is 0 Å². The van der Waals surface area contributed by atoms with Crippen LogP contribution in [-0.4, -0.2) is 47.3 Å². The van der Waals surface area contributed by atoms with Gasteiger partial charge in [-0.3, -0.25) is 9.59 Å². The molecule has 4 aromatic rings. The number of amides is 2. The van der Waals surface area contributed by atoms with Gasteiger partial charge in [-0.1, -0.05) is 30.3 Å². The van der Waals surface area contributed by atoms with Crippen LogP contribution < -0.4 is 5.63 Å². The molecule has 5 heterocycles. The fraction of sp³-hybridized carbons (Fsp3) is 0.406. The molecule has 0 spiro atoms. The molecule has 2 aromatic carbocycles. The van der Waals surface area contributed by atoms with Crippen molar-refractivity contribution in [1.29, 1.82) is 0 Å². The first-order chi connectivity index (χ1) is 18.9. The summed E-state index contributed by atoms with van der Waals surface area (Å²) in [6.45, 7) is 5.84. The molecular weight excluding hydrogens is 492 g/mol. The Morgan fingerprint density at radius 2 is 1.82 bits per heavy atom. The summed E-state index contributed by atoms with van der Waals surface area (Å²) in [5, 5.41) is 1.78. The first-order valence-electron chi connectivity index (χ1n) is 14.0. The van der Waals surface area contributed by atoms with Crippen molar-refractivity contribution in [2.75, 3.05) is 19.6 Å². The van der Waals surface area contributed by atoms with Crippen molar-refractivity contribution in [1.82, 2.24) is 9.80 Å². The van der Waals surface area contributed by atoms with Gasteiger partial charge in [-0.15, -0.1) is 0 Å². The van der Waals surface area contributed by atoms with E-state index in [1.54, 1.807) is 6.26 Å². The summed E-state index contributed by atoms with van der Waals surface area (Å²) >= 11 is 0. The largest absolute Gasteiger partial charge is 0.463 e. The van der Waals surface area contributed by atoms with E-state index in [0.717, 1.165) is 58.8 Å². The average molecular weight is 525 g/mol. The number of furan rings is 1. The van der Waals surface area contributed by atoms with E-state index in [0.29, 0.717) is 48.1 Å². The van der Waals surface area contributed by atoms with Crippen LogP contribution in [0.15, 0.2) is 56.3 Å². The standard InChI is InChI=1S/C32H32N2O5/c1-18-23-12-25-26(21-7-4-3-5-8-21)17-38-30(25)19(2)31(23)39-32(37)24(18)13-29(36)33-14-20-11-22(16-33)27-9-6-10-28(35)34(27)15-20/h3-5,7-8,12,17,20,22,27H,6,9-11,13-16H2,1-2H3/t20-,22+,27?/m1/s1. The highest BCUT2D eigenvalue weighted by Gasteiger charge is 2.44. The van der Waals surface area contributed by atoms with E-state index in [9.17, 15) is 14.4 Å². The highest BCUT2D eigenvalue weighted by atomic mass is 16.4. The second-order valence-corrected chi connectivity index (χ2v) is 11.6. The predicted octanol–water partition coefficient (Wildman–Crippen LogP) is 5.22. The second-order valence-electron chi connectivity index (χ2n) is 11.6. The number of benzene rings is 2. The molecule has 200 valence electrons. The lowest BCUT2D eigenvalue weighted by Gasteiger charge is -2.52. The van der Waals surface area contributed by atoms with Crippen LogP contribution in [0, 0.1) is 25.7 Å². The fourth-order valence-electron chi connectivity index (χ4n) is 7.32. The molecule has 3 saturated heterocycles. The van der Waals surface area contributed by atoms with Crippen molar-refractivity contribution in [3.05, 3.63) is 69.8 Å². The number of aryl methyl sites for hydroxylation is 2. The van der Waals surface area contributed by atoms with Gasteiger partial charge in [-0.05, 0) is 62.1 Å². The minimum atomic E-state index is -0.466. The summed E-state index contributed by atoms with van der Waals surface area (Å²) in [6.07, 6.45) is 5.43. The van der Waals surface area contributed by atoms with Crippen LogP contribution in [0.25, 0.3) is 33.1 Å². The Morgan fingerprint density at radius 3 is 2.64 bits per heavy atom. The van der Waals surface area contributed by atoms with Gasteiger partial charge in [0.15, 0.2) is 0 Å². The van der Waals surface area contributed by atoms with Crippen LogP contribution in [0.3, 0.4) is 0 Å². The van der Waals surface area contributed by atoms with Gasteiger partial charge < -0.3 is 18.6 Å². The first-order valence-corrected chi connectivity index (χ1v) is 14.0. The molecule has 0 N–H and O–H groups in total. The zero-order valence-corrected chi connectivity index (χ0v) is 22.4. The molecule has 2 aromatic heterocycles. The Balaban J connectivity index is 1.22. The number of fused-ring (bicyclic) bond motifs is 6. The normalized spacial score (nSPS) is 22.9. The minimum Gasteiger partial charge on any atom is -0.463 e. The van der Waals surface area contributed by atoms with Gasteiger partial charge in [-0.25, -0.2) is 4.79 Å². The lowest BCUT2D eigenvalue weighted by atomic mass is 9.76. The van der Waals surface area contributed by atoms with E-state index in [1.807, 2.05) is 55.1 Å². The van der Waals surface area contributed by atoms with E-state index in [1.165, 1.54) is 0 Å². The van der Waals surface area contributed by atoms with Crippen LogP contribution in [0.4, 0.5) is 0 Å². The van der Waals surface area contributed by atoms with Crippen LogP contribution in [0.5, 0.6) is 0 Å². The summed E-state index contributed by atoms with van der Waals surface area (Å²) in [4.78, 5) is 43.3. The van der Waals surface area contributed by atoms with Gasteiger partial charge >= 0.3 is 5.63 Å². The summed E-state index contributed by atoms with van der Waals surface area (Å²) < 4.78 is 11.8. The molecule has 3 aliphatic heterocycles. The van der Waals surface area contributed by atoms with E-state index < -0.39 is 5.63 Å². The third-order valence-electron chi connectivity index (χ3n) is 9.29. The molecule has 0 saturated carbocycles. The molecule has 7 nitrogen and oxygen atoms in total. The predicted molar refractivity (Wildman–Crippen MR) is 148 cm³/mol. The van der Waals surface area contributed by atoms with Crippen molar-refractivity contribution in [3.63, 3.8) is 0 Å². The molecular formula is C32H32N2O5. The molecule has 1 unspecified atom stereocenters. The van der Waals surface area contributed by atoms with Crippen LogP contribution >= 0.6 is 0 Å². The highest BCUT2D eigenvalue weighted by Crippen LogP contribution is 2.39. The SMILES string of the molecule is Cc1c(CC(=O)N2C[C@H]3C[C@@H](C2)C2CCCC(=O)N2C3)c(=O)oc2c(C)c3occ(-c4ccccc4)c3cc12. The molecule has 2 amide bonds. The van der Waals surface area contributed by atoms with E-state index >= 15 is 0 Å². The third-order valence-corrected chi connectivity index (χ3v) is 9.29. The Kier molecular flexibility index (Phi) is 5.65. The van der Waals surface area contributed by atoms with Crippen molar-refractivity contribution < 1.29 is 18.4 Å². The monoisotopic (exact) mass is 524 g/mol. The maximum Gasteiger partial charge on any atom is 0.340 e. The fourth-order valence-corrected chi connectivity index (χ4v) is 7.32. The molecule has 3 atom stereocenters. The van der Waals surface area contributed by atoms with Crippen molar-refractivity contribution in [3.8, 4) is 11.1 Å². The van der Waals surface area contributed by atoms with Crippen molar-refractivity contribution >= 4 is 33.8 Å². The lowest BCUT2D eigenvalue weighted by Crippen LogP contribution is -2.61. The number of likely N-dealkylation sites (tertiary alicyclic amines) is 1. The average Bonchev–Trinajstić information content (AvgIpc) is 3.37. The van der Waals surface area contributed by atoms with Gasteiger partial charge in [0.1, 0.15) is 11.2 Å². The maximum atomic E-state index is 13.6. The van der Waals surface area contributed by atoms with Crippen LogP contribution in [0.2, 0.25) is 0 Å². The smallest absolute Gasteiger partial charge is 0.340 e. The first kappa shape index (κ1) is 24.2. The zero-order valence-electron chi connectivity index (χ0n) is 22.4. The Morgan fingerprint density at radius 1 is 1.00 bits per heavy atom. The van der Waals surface area contributed by atoms with Crippen molar-refractivity contribution in [2.24, 2.45) is 11.8 Å². The molecule has 0 radical (unpaired) electrons. The molecule has 0 aliphatic carbocycles. The zero-order chi connectivity index (χ0) is 26.8. The summed E-state index contributed by atoms with van der Waals surface area (Å²) in [6, 6.07) is 12.3.